The Bertz CT molecular complexity index is 515. The topological polar surface area (TPSA) is 69.6 Å². The number of anilines is 1. The Hall–Kier alpha value is -1.91. The summed E-state index contributed by atoms with van der Waals surface area (Å²) in [6, 6.07) is 2.01. The van der Waals surface area contributed by atoms with Gasteiger partial charge in [-0.3, -0.25) is 0 Å². The van der Waals surface area contributed by atoms with E-state index in [1.807, 2.05) is 31.5 Å². The number of aryl methyl sites for hydroxylation is 2. The van der Waals surface area contributed by atoms with Gasteiger partial charge in [-0.05, 0) is 26.3 Å². The van der Waals surface area contributed by atoms with E-state index in [9.17, 15) is 0 Å². The zero-order valence-electron chi connectivity index (χ0n) is 9.73. The Morgan fingerprint density at radius 2 is 2.06 bits per heavy atom. The Labute approximate surface area is 94.3 Å². The average molecular weight is 217 g/mol. The van der Waals surface area contributed by atoms with Gasteiger partial charge < -0.3 is 5.73 Å². The van der Waals surface area contributed by atoms with Crippen LogP contribution >= 0.6 is 0 Å². The van der Waals surface area contributed by atoms with Crippen LogP contribution in [0.2, 0.25) is 0 Å². The molecule has 2 aromatic rings. The fraction of sp³-hybridized carbons (Fsp3) is 0.364. The molecule has 5 nitrogen and oxygen atoms in total. The highest BCUT2D eigenvalue weighted by atomic mass is 15.3. The highest BCUT2D eigenvalue weighted by molar-refractivity contribution is 5.48. The number of nitrogen functional groups attached to an aromatic ring is 1. The van der Waals surface area contributed by atoms with Crippen LogP contribution in [0, 0.1) is 13.8 Å². The Morgan fingerprint density at radius 1 is 1.31 bits per heavy atom. The van der Waals surface area contributed by atoms with E-state index in [2.05, 4.69) is 15.1 Å². The lowest BCUT2D eigenvalue weighted by Crippen LogP contribution is -2.09. The van der Waals surface area contributed by atoms with Crippen molar-refractivity contribution in [2.45, 2.75) is 27.2 Å². The van der Waals surface area contributed by atoms with Crippen LogP contribution in [0.1, 0.15) is 23.9 Å². The quantitative estimate of drug-likeness (QED) is 0.826. The first kappa shape index (κ1) is 10.6. The number of aromatic nitrogens is 4. The fourth-order valence-corrected chi connectivity index (χ4v) is 1.78. The summed E-state index contributed by atoms with van der Waals surface area (Å²) < 4.78 is 1.81. The van der Waals surface area contributed by atoms with Crippen molar-refractivity contribution in [1.82, 2.24) is 19.7 Å². The van der Waals surface area contributed by atoms with Crippen molar-refractivity contribution in [2.24, 2.45) is 0 Å². The molecular formula is C11H15N5. The van der Waals surface area contributed by atoms with Crippen LogP contribution in [0.3, 0.4) is 0 Å². The molecule has 0 atom stereocenters. The van der Waals surface area contributed by atoms with E-state index in [1.54, 1.807) is 0 Å². The molecule has 0 fully saturated rings. The van der Waals surface area contributed by atoms with E-state index >= 15 is 0 Å². The molecule has 0 saturated heterocycles. The maximum atomic E-state index is 5.83. The van der Waals surface area contributed by atoms with Gasteiger partial charge in [0.2, 0.25) is 0 Å². The summed E-state index contributed by atoms with van der Waals surface area (Å²) in [6.45, 7) is 5.99. The maximum Gasteiger partial charge on any atom is 0.162 e. The van der Waals surface area contributed by atoms with Gasteiger partial charge >= 0.3 is 0 Å². The summed E-state index contributed by atoms with van der Waals surface area (Å²) in [5, 5.41) is 4.40. The first-order valence-corrected chi connectivity index (χ1v) is 5.26. The summed E-state index contributed by atoms with van der Waals surface area (Å²) in [6.07, 6.45) is 2.26. The van der Waals surface area contributed by atoms with Crippen molar-refractivity contribution in [3.8, 4) is 5.82 Å². The molecule has 0 saturated carbocycles. The summed E-state index contributed by atoms with van der Waals surface area (Å²) in [4.78, 5) is 8.26. The molecule has 2 rings (SSSR count). The number of nitrogens with two attached hydrogens (primary N) is 1. The highest BCUT2D eigenvalue weighted by Crippen LogP contribution is 2.18. The van der Waals surface area contributed by atoms with Crippen molar-refractivity contribution in [3.05, 3.63) is 29.3 Å². The zero-order valence-corrected chi connectivity index (χ0v) is 9.73. The van der Waals surface area contributed by atoms with E-state index in [0.29, 0.717) is 5.82 Å². The lowest BCUT2D eigenvalue weighted by molar-refractivity contribution is 0.786. The van der Waals surface area contributed by atoms with E-state index < -0.39 is 0 Å². The Kier molecular flexibility index (Phi) is 2.60. The molecule has 0 aliphatic rings. The normalized spacial score (nSPS) is 10.7. The van der Waals surface area contributed by atoms with Crippen LogP contribution in [-0.2, 0) is 6.42 Å². The molecule has 2 N–H and O–H groups in total. The number of rotatable bonds is 2. The molecule has 84 valence electrons. The third kappa shape index (κ3) is 1.64. The van der Waals surface area contributed by atoms with Crippen molar-refractivity contribution < 1.29 is 0 Å². The van der Waals surface area contributed by atoms with Crippen molar-refractivity contribution in [1.29, 1.82) is 0 Å². The minimum atomic E-state index is 0.528. The molecule has 2 aromatic heterocycles. The van der Waals surface area contributed by atoms with Crippen molar-refractivity contribution in [2.75, 3.05) is 5.73 Å². The summed E-state index contributed by atoms with van der Waals surface area (Å²) in [5.41, 5.74) is 8.79. The van der Waals surface area contributed by atoms with Gasteiger partial charge in [-0.15, -0.1) is 0 Å². The predicted octanol–water partition coefficient (Wildman–Crippen LogP) is 1.42. The lowest BCUT2D eigenvalue weighted by Gasteiger charge is -2.09. The smallest absolute Gasteiger partial charge is 0.162 e. The fourth-order valence-electron chi connectivity index (χ4n) is 1.78. The maximum absolute atomic E-state index is 5.83. The minimum Gasteiger partial charge on any atom is -0.383 e. The standard InChI is InChI=1S/C11H15N5/c1-4-9-10(12)13-6-14-11(9)16-8(3)5-7(2)15-16/h5-6H,4H2,1-3H3,(H2,12,13,14). The van der Waals surface area contributed by atoms with Crippen molar-refractivity contribution in [3.63, 3.8) is 0 Å². The van der Waals surface area contributed by atoms with Gasteiger partial charge in [0, 0.05) is 11.3 Å². The molecule has 0 amide bonds. The van der Waals surface area contributed by atoms with Crippen LogP contribution < -0.4 is 5.73 Å². The van der Waals surface area contributed by atoms with Gasteiger partial charge in [0.25, 0.3) is 0 Å². The van der Waals surface area contributed by atoms with Gasteiger partial charge in [0.1, 0.15) is 12.1 Å². The van der Waals surface area contributed by atoms with Crippen LogP contribution in [0.15, 0.2) is 12.4 Å². The number of nitrogens with zero attached hydrogens (tertiary/aromatic N) is 4. The molecule has 0 aliphatic heterocycles. The highest BCUT2D eigenvalue weighted by Gasteiger charge is 2.12. The molecule has 0 aromatic carbocycles. The molecule has 16 heavy (non-hydrogen) atoms. The molecule has 0 radical (unpaired) electrons. The van der Waals surface area contributed by atoms with E-state index in [0.717, 1.165) is 29.2 Å². The third-order valence-electron chi connectivity index (χ3n) is 2.52. The third-order valence-corrected chi connectivity index (χ3v) is 2.52. The van der Waals surface area contributed by atoms with E-state index in [4.69, 9.17) is 5.73 Å². The van der Waals surface area contributed by atoms with Gasteiger partial charge in [-0.25, -0.2) is 14.6 Å². The Morgan fingerprint density at radius 3 is 2.62 bits per heavy atom. The molecule has 0 aliphatic carbocycles. The molecule has 0 unspecified atom stereocenters. The van der Waals surface area contributed by atoms with Gasteiger partial charge in [-0.2, -0.15) is 5.10 Å². The van der Waals surface area contributed by atoms with Gasteiger partial charge in [-0.1, -0.05) is 6.92 Å². The summed E-state index contributed by atoms with van der Waals surface area (Å²) in [7, 11) is 0. The first-order valence-electron chi connectivity index (χ1n) is 5.26. The van der Waals surface area contributed by atoms with Gasteiger partial charge in [0.15, 0.2) is 5.82 Å². The van der Waals surface area contributed by atoms with E-state index in [1.165, 1.54) is 6.33 Å². The summed E-state index contributed by atoms with van der Waals surface area (Å²) >= 11 is 0. The second-order valence-electron chi connectivity index (χ2n) is 3.75. The van der Waals surface area contributed by atoms with Crippen LogP contribution in [0.25, 0.3) is 5.82 Å². The second kappa shape index (κ2) is 3.92. The average Bonchev–Trinajstić information content (AvgIpc) is 2.57. The number of hydrogen-bond donors (Lipinski definition) is 1. The van der Waals surface area contributed by atoms with E-state index in [-0.39, 0.29) is 0 Å². The molecule has 0 spiro atoms. The lowest BCUT2D eigenvalue weighted by atomic mass is 10.2. The molecular weight excluding hydrogens is 202 g/mol. The molecule has 2 heterocycles. The minimum absolute atomic E-state index is 0.528. The zero-order chi connectivity index (χ0) is 11.7. The SMILES string of the molecule is CCc1c(N)ncnc1-n1nc(C)cc1C. The van der Waals surface area contributed by atoms with Gasteiger partial charge in [0.05, 0.1) is 5.69 Å². The van der Waals surface area contributed by atoms with Crippen molar-refractivity contribution >= 4 is 5.82 Å². The van der Waals surface area contributed by atoms with Crippen LogP contribution in [0.5, 0.6) is 0 Å². The summed E-state index contributed by atoms with van der Waals surface area (Å²) in [5.74, 6) is 1.31. The number of hydrogen-bond acceptors (Lipinski definition) is 4. The second-order valence-corrected chi connectivity index (χ2v) is 3.75. The largest absolute Gasteiger partial charge is 0.383 e. The molecule has 0 bridgehead atoms. The monoisotopic (exact) mass is 217 g/mol. The van der Waals surface area contributed by atoms with Crippen LogP contribution in [0.4, 0.5) is 5.82 Å². The predicted molar refractivity (Wildman–Crippen MR) is 62.4 cm³/mol. The Balaban J connectivity index is 2.64. The van der Waals surface area contributed by atoms with Crippen LogP contribution in [-0.4, -0.2) is 19.7 Å². The molecule has 5 heteroatoms. The first-order chi connectivity index (χ1) is 7.63.